The van der Waals surface area contributed by atoms with Gasteiger partial charge in [-0.05, 0) is 24.6 Å². The fourth-order valence-electron chi connectivity index (χ4n) is 1.74. The maximum Gasteiger partial charge on any atom is 0.252 e. The highest BCUT2D eigenvalue weighted by Gasteiger charge is 2.17. The van der Waals surface area contributed by atoms with Gasteiger partial charge in [0, 0.05) is 5.56 Å². The Bertz CT molecular complexity index is 493. The van der Waals surface area contributed by atoms with E-state index < -0.39 is 6.04 Å². The summed E-state index contributed by atoms with van der Waals surface area (Å²) in [7, 11) is 0. The standard InChI is InChI=1S/C13H14N2O3/c1-2-3-10(7-14)15-13(16)9-4-5-11-12(6-9)18-8-17-11/h4-6,10H,2-3,8H2,1H3,(H,15,16). The van der Waals surface area contributed by atoms with Crippen molar-refractivity contribution in [1.82, 2.24) is 5.32 Å². The summed E-state index contributed by atoms with van der Waals surface area (Å²) >= 11 is 0. The van der Waals surface area contributed by atoms with Crippen LogP contribution < -0.4 is 14.8 Å². The van der Waals surface area contributed by atoms with Crippen LogP contribution in [0.2, 0.25) is 0 Å². The predicted octanol–water partition coefficient (Wildman–Crippen LogP) is 1.84. The molecule has 1 aromatic rings. The first-order chi connectivity index (χ1) is 8.74. The molecule has 1 amide bonds. The van der Waals surface area contributed by atoms with Gasteiger partial charge in [-0.3, -0.25) is 4.79 Å². The lowest BCUT2D eigenvalue weighted by atomic mass is 10.1. The van der Waals surface area contributed by atoms with E-state index in [1.165, 1.54) is 0 Å². The summed E-state index contributed by atoms with van der Waals surface area (Å²) in [4.78, 5) is 11.9. The van der Waals surface area contributed by atoms with E-state index in [0.29, 0.717) is 23.5 Å². The number of rotatable bonds is 4. The number of ether oxygens (including phenoxy) is 2. The number of hydrogen-bond donors (Lipinski definition) is 1. The van der Waals surface area contributed by atoms with Crippen molar-refractivity contribution in [2.45, 2.75) is 25.8 Å². The summed E-state index contributed by atoms with van der Waals surface area (Å²) in [6.45, 7) is 2.15. The van der Waals surface area contributed by atoms with Gasteiger partial charge >= 0.3 is 0 Å². The molecular formula is C13H14N2O3. The van der Waals surface area contributed by atoms with Gasteiger partial charge in [-0.1, -0.05) is 13.3 Å². The average Bonchev–Trinajstić information content (AvgIpc) is 2.85. The molecule has 1 unspecified atom stereocenters. The first kappa shape index (κ1) is 12.2. The summed E-state index contributed by atoms with van der Waals surface area (Å²) in [6, 6.07) is 6.59. The summed E-state index contributed by atoms with van der Waals surface area (Å²) in [5, 5.41) is 11.6. The van der Waals surface area contributed by atoms with Gasteiger partial charge in [0.2, 0.25) is 6.79 Å². The lowest BCUT2D eigenvalue weighted by Gasteiger charge is -2.10. The van der Waals surface area contributed by atoms with Crippen LogP contribution in [0, 0.1) is 11.3 Å². The molecule has 94 valence electrons. The number of hydrogen-bond acceptors (Lipinski definition) is 4. The molecule has 0 spiro atoms. The number of carbonyl (C=O) groups excluding carboxylic acids is 1. The molecule has 1 aromatic carbocycles. The Hall–Kier alpha value is -2.22. The van der Waals surface area contributed by atoms with Crippen molar-refractivity contribution in [3.05, 3.63) is 23.8 Å². The van der Waals surface area contributed by atoms with Crippen LogP contribution in [0.4, 0.5) is 0 Å². The van der Waals surface area contributed by atoms with Gasteiger partial charge in [-0.15, -0.1) is 0 Å². The van der Waals surface area contributed by atoms with E-state index in [0.717, 1.165) is 6.42 Å². The molecule has 1 N–H and O–H groups in total. The van der Waals surface area contributed by atoms with Crippen molar-refractivity contribution < 1.29 is 14.3 Å². The highest BCUT2D eigenvalue weighted by Crippen LogP contribution is 2.32. The second-order valence-electron chi connectivity index (χ2n) is 4.01. The maximum absolute atomic E-state index is 11.9. The average molecular weight is 246 g/mol. The van der Waals surface area contributed by atoms with E-state index in [9.17, 15) is 4.79 Å². The molecule has 1 aliphatic rings. The van der Waals surface area contributed by atoms with Crippen LogP contribution in [0.15, 0.2) is 18.2 Å². The second kappa shape index (κ2) is 5.41. The zero-order valence-electron chi connectivity index (χ0n) is 10.1. The number of carbonyl (C=O) groups is 1. The van der Waals surface area contributed by atoms with Crippen LogP contribution in [0.25, 0.3) is 0 Å². The van der Waals surface area contributed by atoms with Crippen molar-refractivity contribution in [2.75, 3.05) is 6.79 Å². The number of amides is 1. The smallest absolute Gasteiger partial charge is 0.252 e. The first-order valence-electron chi connectivity index (χ1n) is 5.84. The largest absolute Gasteiger partial charge is 0.454 e. The van der Waals surface area contributed by atoms with E-state index in [2.05, 4.69) is 11.4 Å². The molecule has 18 heavy (non-hydrogen) atoms. The van der Waals surface area contributed by atoms with Crippen LogP contribution in [-0.4, -0.2) is 18.7 Å². The van der Waals surface area contributed by atoms with E-state index >= 15 is 0 Å². The van der Waals surface area contributed by atoms with Crippen LogP contribution in [-0.2, 0) is 0 Å². The molecule has 0 aromatic heterocycles. The van der Waals surface area contributed by atoms with Gasteiger partial charge < -0.3 is 14.8 Å². The molecule has 0 aliphatic carbocycles. The molecule has 5 heteroatoms. The van der Waals surface area contributed by atoms with E-state index in [-0.39, 0.29) is 12.7 Å². The number of benzene rings is 1. The van der Waals surface area contributed by atoms with Gasteiger partial charge in [0.25, 0.3) is 5.91 Å². The third-order valence-corrected chi connectivity index (χ3v) is 2.67. The van der Waals surface area contributed by atoms with Gasteiger partial charge in [0.05, 0.1) is 6.07 Å². The molecule has 0 fully saturated rings. The Morgan fingerprint density at radius 3 is 3.00 bits per heavy atom. The number of fused-ring (bicyclic) bond motifs is 1. The highest BCUT2D eigenvalue weighted by atomic mass is 16.7. The number of nitrogens with zero attached hydrogens (tertiary/aromatic N) is 1. The fraction of sp³-hybridized carbons (Fsp3) is 0.385. The van der Waals surface area contributed by atoms with Crippen molar-refractivity contribution >= 4 is 5.91 Å². The molecular weight excluding hydrogens is 232 g/mol. The Kier molecular flexibility index (Phi) is 3.68. The lowest BCUT2D eigenvalue weighted by molar-refractivity contribution is 0.0943. The molecule has 1 atom stereocenters. The van der Waals surface area contributed by atoms with Crippen molar-refractivity contribution in [2.24, 2.45) is 0 Å². The Balaban J connectivity index is 2.07. The zero-order chi connectivity index (χ0) is 13.0. The van der Waals surface area contributed by atoms with Crippen molar-refractivity contribution in [3.63, 3.8) is 0 Å². The summed E-state index contributed by atoms with van der Waals surface area (Å²) in [5.74, 6) is 0.928. The fourth-order valence-corrected chi connectivity index (χ4v) is 1.74. The second-order valence-corrected chi connectivity index (χ2v) is 4.01. The Labute approximate surface area is 105 Å². The summed E-state index contributed by atoms with van der Waals surface area (Å²) < 4.78 is 10.4. The molecule has 1 heterocycles. The molecule has 0 saturated carbocycles. The lowest BCUT2D eigenvalue weighted by Crippen LogP contribution is -2.33. The monoisotopic (exact) mass is 246 g/mol. The van der Waals surface area contributed by atoms with Crippen molar-refractivity contribution in [3.8, 4) is 17.6 Å². The van der Waals surface area contributed by atoms with Crippen LogP contribution in [0.5, 0.6) is 11.5 Å². The highest BCUT2D eigenvalue weighted by molar-refractivity contribution is 5.95. The number of nitriles is 1. The SMILES string of the molecule is CCCC(C#N)NC(=O)c1ccc2c(c1)OCO2. The summed E-state index contributed by atoms with van der Waals surface area (Å²) in [5.41, 5.74) is 0.468. The Morgan fingerprint density at radius 1 is 1.50 bits per heavy atom. The van der Waals surface area contributed by atoms with E-state index in [1.807, 2.05) is 6.92 Å². The van der Waals surface area contributed by atoms with E-state index in [1.54, 1.807) is 18.2 Å². The minimum Gasteiger partial charge on any atom is -0.454 e. The summed E-state index contributed by atoms with van der Waals surface area (Å²) in [6.07, 6.45) is 1.49. The molecule has 2 rings (SSSR count). The van der Waals surface area contributed by atoms with Crippen molar-refractivity contribution in [1.29, 1.82) is 5.26 Å². The topological polar surface area (TPSA) is 71.4 Å². The van der Waals surface area contributed by atoms with Crippen LogP contribution in [0.3, 0.4) is 0 Å². The normalized spacial score (nSPS) is 13.8. The molecule has 0 saturated heterocycles. The van der Waals surface area contributed by atoms with Crippen LogP contribution in [0.1, 0.15) is 30.1 Å². The maximum atomic E-state index is 11.9. The predicted molar refractivity (Wildman–Crippen MR) is 64.3 cm³/mol. The van der Waals surface area contributed by atoms with Gasteiger partial charge in [0.15, 0.2) is 11.5 Å². The van der Waals surface area contributed by atoms with Crippen LogP contribution >= 0.6 is 0 Å². The van der Waals surface area contributed by atoms with Gasteiger partial charge in [-0.2, -0.15) is 5.26 Å². The molecule has 0 radical (unpaired) electrons. The van der Waals surface area contributed by atoms with Gasteiger partial charge in [0.1, 0.15) is 6.04 Å². The third kappa shape index (κ3) is 2.54. The third-order valence-electron chi connectivity index (χ3n) is 2.67. The molecule has 0 bridgehead atoms. The molecule has 1 aliphatic heterocycles. The quantitative estimate of drug-likeness (QED) is 0.879. The zero-order valence-corrected chi connectivity index (χ0v) is 10.1. The van der Waals surface area contributed by atoms with E-state index in [4.69, 9.17) is 14.7 Å². The minimum absolute atomic E-state index is 0.178. The Morgan fingerprint density at radius 2 is 2.28 bits per heavy atom. The minimum atomic E-state index is -0.451. The molecule has 5 nitrogen and oxygen atoms in total. The van der Waals surface area contributed by atoms with Gasteiger partial charge in [-0.25, -0.2) is 0 Å². The first-order valence-corrected chi connectivity index (χ1v) is 5.84. The number of nitrogens with one attached hydrogen (secondary N) is 1.